The van der Waals surface area contributed by atoms with E-state index in [0.717, 1.165) is 10.5 Å². The highest BCUT2D eigenvalue weighted by Crippen LogP contribution is 2.28. The second-order valence-electron chi connectivity index (χ2n) is 5.45. The Labute approximate surface area is 158 Å². The van der Waals surface area contributed by atoms with Gasteiger partial charge < -0.3 is 10.1 Å². The minimum atomic E-state index is -3.72. The Hall–Kier alpha value is -2.03. The summed E-state index contributed by atoms with van der Waals surface area (Å²) in [6, 6.07) is 11.9. The van der Waals surface area contributed by atoms with E-state index in [-0.39, 0.29) is 17.3 Å². The smallest absolute Gasteiger partial charge is 0.240 e. The van der Waals surface area contributed by atoms with Crippen molar-refractivity contribution < 1.29 is 17.9 Å². The lowest BCUT2D eigenvalue weighted by Gasteiger charge is -2.12. The van der Waals surface area contributed by atoms with Crippen LogP contribution < -0.4 is 14.8 Å². The van der Waals surface area contributed by atoms with E-state index in [0.29, 0.717) is 18.0 Å². The fraction of sp³-hybridized carbons (Fsp3) is 0.278. The van der Waals surface area contributed by atoms with Crippen molar-refractivity contribution in [3.63, 3.8) is 0 Å². The zero-order valence-electron chi connectivity index (χ0n) is 14.9. The van der Waals surface area contributed by atoms with Crippen LogP contribution in [0.1, 0.15) is 19.4 Å². The molecule has 1 amide bonds. The lowest BCUT2D eigenvalue weighted by Crippen LogP contribution is -2.23. The number of benzene rings is 2. The van der Waals surface area contributed by atoms with Crippen LogP contribution in [-0.4, -0.2) is 27.2 Å². The van der Waals surface area contributed by atoms with Gasteiger partial charge in [-0.25, -0.2) is 13.1 Å². The van der Waals surface area contributed by atoms with Crippen LogP contribution in [0.5, 0.6) is 5.75 Å². The zero-order chi connectivity index (χ0) is 19.2. The van der Waals surface area contributed by atoms with Crippen LogP contribution in [0, 0.1) is 0 Å². The average Bonchev–Trinajstić information content (AvgIpc) is 2.60. The Balaban J connectivity index is 2.19. The topological polar surface area (TPSA) is 84.5 Å². The highest BCUT2D eigenvalue weighted by atomic mass is 32.2. The van der Waals surface area contributed by atoms with Crippen molar-refractivity contribution in [1.29, 1.82) is 0 Å². The summed E-state index contributed by atoms with van der Waals surface area (Å²) in [7, 11) is -3.72. The molecule has 0 aromatic heterocycles. The van der Waals surface area contributed by atoms with Crippen LogP contribution in [0.4, 0.5) is 5.69 Å². The summed E-state index contributed by atoms with van der Waals surface area (Å²) in [5.41, 5.74) is 1.27. The minimum Gasteiger partial charge on any atom is -0.494 e. The third-order valence-corrected chi connectivity index (χ3v) is 5.66. The molecule has 0 bridgehead atoms. The third kappa shape index (κ3) is 5.48. The van der Waals surface area contributed by atoms with Gasteiger partial charge in [0.1, 0.15) is 5.75 Å². The van der Waals surface area contributed by atoms with Gasteiger partial charge in [0.2, 0.25) is 15.9 Å². The first-order valence-electron chi connectivity index (χ1n) is 8.02. The Morgan fingerprint density at radius 1 is 1.19 bits per heavy atom. The van der Waals surface area contributed by atoms with Crippen molar-refractivity contribution in [3.8, 4) is 5.75 Å². The Morgan fingerprint density at radius 3 is 2.62 bits per heavy atom. The number of carbonyl (C=O) groups excluding carboxylic acids is 1. The number of thioether (sulfide) groups is 1. The van der Waals surface area contributed by atoms with Gasteiger partial charge in [0, 0.05) is 18.4 Å². The molecule has 140 valence electrons. The SMILES string of the molecule is CCOc1cccc(CNS(=O)(=O)c2ccc(SC)c(NC(C)=O)c2)c1. The van der Waals surface area contributed by atoms with Gasteiger partial charge in [0.15, 0.2) is 0 Å². The molecule has 8 heteroatoms. The fourth-order valence-corrected chi connectivity index (χ4v) is 3.89. The average molecular weight is 395 g/mol. The lowest BCUT2D eigenvalue weighted by atomic mass is 10.2. The molecule has 0 saturated carbocycles. The molecule has 0 saturated heterocycles. The van der Waals surface area contributed by atoms with E-state index >= 15 is 0 Å². The fourth-order valence-electron chi connectivity index (χ4n) is 2.32. The molecule has 26 heavy (non-hydrogen) atoms. The molecular weight excluding hydrogens is 372 g/mol. The van der Waals surface area contributed by atoms with E-state index in [9.17, 15) is 13.2 Å². The van der Waals surface area contributed by atoms with E-state index in [4.69, 9.17) is 4.74 Å². The maximum Gasteiger partial charge on any atom is 0.240 e. The van der Waals surface area contributed by atoms with Crippen LogP contribution in [0.3, 0.4) is 0 Å². The minimum absolute atomic E-state index is 0.0972. The number of carbonyl (C=O) groups is 1. The van der Waals surface area contributed by atoms with Gasteiger partial charge in [0.25, 0.3) is 0 Å². The molecule has 2 aromatic carbocycles. The van der Waals surface area contributed by atoms with Crippen molar-refractivity contribution in [2.75, 3.05) is 18.2 Å². The maximum atomic E-state index is 12.6. The predicted octanol–water partition coefficient (Wildman–Crippen LogP) is 3.24. The highest BCUT2D eigenvalue weighted by molar-refractivity contribution is 7.98. The number of hydrogen-bond donors (Lipinski definition) is 2. The monoisotopic (exact) mass is 394 g/mol. The number of rotatable bonds is 8. The van der Waals surface area contributed by atoms with Crippen molar-refractivity contribution in [2.45, 2.75) is 30.2 Å². The van der Waals surface area contributed by atoms with E-state index in [1.165, 1.54) is 30.8 Å². The summed E-state index contributed by atoms with van der Waals surface area (Å²) in [6.07, 6.45) is 1.86. The lowest BCUT2D eigenvalue weighted by molar-refractivity contribution is -0.114. The molecule has 0 spiro atoms. The number of hydrogen-bond acceptors (Lipinski definition) is 5. The number of amides is 1. The Morgan fingerprint density at radius 2 is 1.96 bits per heavy atom. The van der Waals surface area contributed by atoms with Crippen molar-refractivity contribution in [1.82, 2.24) is 4.72 Å². The first-order chi connectivity index (χ1) is 12.4. The highest BCUT2D eigenvalue weighted by Gasteiger charge is 2.16. The number of ether oxygens (including phenoxy) is 1. The summed E-state index contributed by atoms with van der Waals surface area (Å²) in [5.74, 6) is 0.442. The van der Waals surface area contributed by atoms with Crippen molar-refractivity contribution in [3.05, 3.63) is 48.0 Å². The van der Waals surface area contributed by atoms with E-state index < -0.39 is 10.0 Å². The third-order valence-electron chi connectivity index (χ3n) is 3.47. The second-order valence-corrected chi connectivity index (χ2v) is 8.06. The van der Waals surface area contributed by atoms with Gasteiger partial charge in [-0.3, -0.25) is 4.79 Å². The van der Waals surface area contributed by atoms with E-state index in [2.05, 4.69) is 10.0 Å². The van der Waals surface area contributed by atoms with E-state index in [1.54, 1.807) is 12.1 Å². The molecule has 6 nitrogen and oxygen atoms in total. The van der Waals surface area contributed by atoms with Crippen LogP contribution >= 0.6 is 11.8 Å². The number of nitrogens with one attached hydrogen (secondary N) is 2. The van der Waals surface area contributed by atoms with Crippen LogP contribution in [0.25, 0.3) is 0 Å². The maximum absolute atomic E-state index is 12.6. The predicted molar refractivity (Wildman–Crippen MR) is 104 cm³/mol. The second kappa shape index (κ2) is 9.07. The molecule has 0 unspecified atom stereocenters. The Kier molecular flexibility index (Phi) is 7.07. The molecule has 2 rings (SSSR count). The summed E-state index contributed by atoms with van der Waals surface area (Å²) >= 11 is 1.43. The Bertz CT molecular complexity index is 883. The summed E-state index contributed by atoms with van der Waals surface area (Å²) in [6.45, 7) is 3.96. The normalized spacial score (nSPS) is 11.2. The molecule has 2 N–H and O–H groups in total. The molecule has 0 atom stereocenters. The summed E-state index contributed by atoms with van der Waals surface area (Å²) in [5, 5.41) is 2.66. The van der Waals surface area contributed by atoms with Gasteiger partial charge >= 0.3 is 0 Å². The standard InChI is InChI=1S/C18H22N2O4S2/c1-4-24-15-7-5-6-14(10-15)12-19-26(22,23)16-8-9-18(25-3)17(11-16)20-13(2)21/h5-11,19H,4,12H2,1-3H3,(H,20,21). The molecule has 0 fully saturated rings. The van der Waals surface area contributed by atoms with Gasteiger partial charge in [-0.05, 0) is 49.1 Å². The van der Waals surface area contributed by atoms with Crippen LogP contribution in [0.2, 0.25) is 0 Å². The van der Waals surface area contributed by atoms with Crippen molar-refractivity contribution >= 4 is 33.4 Å². The molecule has 0 radical (unpaired) electrons. The summed E-state index contributed by atoms with van der Waals surface area (Å²) < 4.78 is 33.2. The number of anilines is 1. The molecular formula is C18H22N2O4S2. The quantitative estimate of drug-likeness (QED) is 0.672. The van der Waals surface area contributed by atoms with E-state index in [1.807, 2.05) is 31.4 Å². The molecule has 0 aliphatic carbocycles. The molecule has 0 aliphatic rings. The first-order valence-corrected chi connectivity index (χ1v) is 10.7. The largest absolute Gasteiger partial charge is 0.494 e. The van der Waals surface area contributed by atoms with Gasteiger partial charge in [-0.1, -0.05) is 12.1 Å². The van der Waals surface area contributed by atoms with Gasteiger partial charge in [-0.15, -0.1) is 11.8 Å². The first kappa shape index (κ1) is 20.3. The van der Waals surface area contributed by atoms with Crippen LogP contribution in [0.15, 0.2) is 52.3 Å². The zero-order valence-corrected chi connectivity index (χ0v) is 16.5. The number of sulfonamides is 1. The van der Waals surface area contributed by atoms with Crippen molar-refractivity contribution in [2.24, 2.45) is 0 Å². The van der Waals surface area contributed by atoms with Gasteiger partial charge in [0.05, 0.1) is 17.2 Å². The summed E-state index contributed by atoms with van der Waals surface area (Å²) in [4.78, 5) is 12.2. The molecule has 0 aliphatic heterocycles. The molecule has 2 aromatic rings. The molecule has 0 heterocycles. The van der Waals surface area contributed by atoms with Crippen LogP contribution in [-0.2, 0) is 21.4 Å². The van der Waals surface area contributed by atoms with Gasteiger partial charge in [-0.2, -0.15) is 0 Å².